The van der Waals surface area contributed by atoms with E-state index in [2.05, 4.69) is 13.2 Å². The summed E-state index contributed by atoms with van der Waals surface area (Å²) in [6.07, 6.45) is 3.53. The molecular weight excluding hydrogens is 140 g/mol. The Morgan fingerprint density at radius 3 is 2.62 bits per heavy atom. The molecule has 0 aromatic heterocycles. The van der Waals surface area contributed by atoms with Crippen molar-refractivity contribution in [3.63, 3.8) is 0 Å². The van der Waals surface area contributed by atoms with Gasteiger partial charge in [0.1, 0.15) is 0 Å². The minimum atomic E-state index is 0.0352. The molecule has 0 bridgehead atoms. The van der Waals surface area contributed by atoms with Gasteiger partial charge in [-0.05, 0) is 0 Å². The molecule has 0 aliphatic heterocycles. The summed E-state index contributed by atoms with van der Waals surface area (Å²) in [6, 6.07) is 0. The van der Waals surface area contributed by atoms with Crippen LogP contribution in [0.4, 0.5) is 0 Å². The van der Waals surface area contributed by atoms with E-state index >= 15 is 0 Å². The molecule has 0 amide bonds. The number of alkyl halides is 1. The lowest BCUT2D eigenvalue weighted by Gasteiger charge is -1.96. The molecule has 0 saturated carbocycles. The zero-order valence-corrected chi connectivity index (χ0v) is 6.21. The van der Waals surface area contributed by atoms with E-state index in [0.29, 0.717) is 0 Å². The van der Waals surface area contributed by atoms with Crippen molar-refractivity contribution in [2.24, 2.45) is 0 Å². The minimum Gasteiger partial charge on any atom is -0.134 e. The molecule has 0 nitrogen and oxygen atoms in total. The maximum atomic E-state index is 5.64. The van der Waals surface area contributed by atoms with Crippen molar-refractivity contribution in [1.29, 1.82) is 0 Å². The van der Waals surface area contributed by atoms with Gasteiger partial charge in [-0.3, -0.25) is 0 Å². The molecule has 1 atom stereocenters. The molecule has 1 unspecified atom stereocenters. The topological polar surface area (TPSA) is 0 Å². The molecule has 0 aromatic carbocycles. The van der Waals surface area contributed by atoms with Crippen LogP contribution in [0.1, 0.15) is 0 Å². The van der Waals surface area contributed by atoms with Gasteiger partial charge in [0.15, 0.2) is 0 Å². The van der Waals surface area contributed by atoms with E-state index < -0.39 is 0 Å². The predicted octanol–water partition coefficient (Wildman–Crippen LogP) is 2.66. The molecule has 0 saturated heterocycles. The number of hydrogen-bond acceptors (Lipinski definition) is 1. The Morgan fingerprint density at radius 2 is 2.25 bits per heavy atom. The van der Waals surface area contributed by atoms with Crippen LogP contribution in [0.25, 0.3) is 0 Å². The molecule has 0 aliphatic carbocycles. The largest absolute Gasteiger partial charge is 0.134 e. The highest BCUT2D eigenvalue weighted by molar-refractivity contribution is 8.01. The minimum absolute atomic E-state index is 0.0352. The van der Waals surface area contributed by atoms with Crippen LogP contribution >= 0.6 is 23.4 Å². The molecule has 0 spiro atoms. The smallest absolute Gasteiger partial charge is 0.0970 e. The molecular formula is C6H9ClS. The molecule has 0 radical (unpaired) electrons. The molecule has 46 valence electrons. The Hall–Kier alpha value is 0.120. The SMILES string of the molecule is C=CCSC(Cl)C=C. The summed E-state index contributed by atoms with van der Waals surface area (Å²) in [5, 5.41) is 0. The molecule has 0 fully saturated rings. The molecule has 0 rings (SSSR count). The second-order valence-electron chi connectivity index (χ2n) is 1.21. The molecule has 8 heavy (non-hydrogen) atoms. The molecule has 0 aliphatic rings. The fourth-order valence-electron chi connectivity index (χ4n) is 0.228. The van der Waals surface area contributed by atoms with Crippen LogP contribution in [0.15, 0.2) is 25.3 Å². The van der Waals surface area contributed by atoms with Crippen LogP contribution in [0.5, 0.6) is 0 Å². The standard InChI is InChI=1S/C6H9ClS/c1-3-5-8-6(7)4-2/h3-4,6H,1-2,5H2. The first-order chi connectivity index (χ1) is 3.81. The predicted molar refractivity (Wildman–Crippen MR) is 42.5 cm³/mol. The van der Waals surface area contributed by atoms with Crippen molar-refractivity contribution in [1.82, 2.24) is 0 Å². The lowest BCUT2D eigenvalue weighted by atomic mass is 10.7. The van der Waals surface area contributed by atoms with Gasteiger partial charge >= 0.3 is 0 Å². The summed E-state index contributed by atoms with van der Waals surface area (Å²) in [6.45, 7) is 7.08. The number of halogens is 1. The number of thioether (sulfide) groups is 1. The van der Waals surface area contributed by atoms with Crippen molar-refractivity contribution in [2.45, 2.75) is 4.71 Å². The summed E-state index contributed by atoms with van der Waals surface area (Å²) in [5.74, 6) is 0.889. The number of hydrogen-bond donors (Lipinski definition) is 0. The van der Waals surface area contributed by atoms with Gasteiger partial charge in [0.05, 0.1) is 4.71 Å². The van der Waals surface area contributed by atoms with Gasteiger partial charge in [0, 0.05) is 5.75 Å². The van der Waals surface area contributed by atoms with Crippen LogP contribution in [-0.2, 0) is 0 Å². The Bertz CT molecular complexity index is 80.6. The summed E-state index contributed by atoms with van der Waals surface area (Å²) in [4.78, 5) is 0. The Labute approximate surface area is 59.6 Å². The van der Waals surface area contributed by atoms with Crippen molar-refractivity contribution < 1.29 is 0 Å². The van der Waals surface area contributed by atoms with Crippen molar-refractivity contribution in [2.75, 3.05) is 5.75 Å². The highest BCUT2D eigenvalue weighted by Crippen LogP contribution is 2.14. The first kappa shape index (κ1) is 8.12. The van der Waals surface area contributed by atoms with Crippen LogP contribution in [-0.4, -0.2) is 10.5 Å². The zero-order chi connectivity index (χ0) is 6.41. The van der Waals surface area contributed by atoms with Gasteiger partial charge in [-0.25, -0.2) is 0 Å². The Balaban J connectivity index is 3.09. The normalized spacial score (nSPS) is 12.6. The lowest BCUT2D eigenvalue weighted by molar-refractivity contribution is 1.63. The molecule has 0 aromatic rings. The van der Waals surface area contributed by atoms with Gasteiger partial charge in [-0.15, -0.1) is 36.5 Å². The average molecular weight is 149 g/mol. The highest BCUT2D eigenvalue weighted by atomic mass is 35.5. The van der Waals surface area contributed by atoms with Gasteiger partial charge < -0.3 is 0 Å². The first-order valence-electron chi connectivity index (χ1n) is 2.30. The summed E-state index contributed by atoms with van der Waals surface area (Å²) < 4.78 is 0.0352. The van der Waals surface area contributed by atoms with E-state index in [1.54, 1.807) is 17.8 Å². The van der Waals surface area contributed by atoms with Gasteiger partial charge in [0.25, 0.3) is 0 Å². The molecule has 0 N–H and O–H groups in total. The van der Waals surface area contributed by atoms with Crippen LogP contribution < -0.4 is 0 Å². The number of rotatable bonds is 4. The van der Waals surface area contributed by atoms with Gasteiger partial charge in [0.2, 0.25) is 0 Å². The van der Waals surface area contributed by atoms with E-state index in [9.17, 15) is 0 Å². The maximum Gasteiger partial charge on any atom is 0.0970 e. The van der Waals surface area contributed by atoms with E-state index in [1.807, 2.05) is 6.08 Å². The third-order valence-corrected chi connectivity index (χ3v) is 2.05. The summed E-state index contributed by atoms with van der Waals surface area (Å²) >= 11 is 7.25. The van der Waals surface area contributed by atoms with E-state index in [4.69, 9.17) is 11.6 Å². The summed E-state index contributed by atoms with van der Waals surface area (Å²) in [5.41, 5.74) is 0. The maximum absolute atomic E-state index is 5.64. The van der Waals surface area contributed by atoms with Crippen LogP contribution in [0.3, 0.4) is 0 Å². The van der Waals surface area contributed by atoms with Gasteiger partial charge in [-0.2, -0.15) is 0 Å². The average Bonchev–Trinajstić information content (AvgIpc) is 1.83. The Morgan fingerprint density at radius 1 is 1.62 bits per heavy atom. The van der Waals surface area contributed by atoms with E-state index in [-0.39, 0.29) is 4.71 Å². The molecule has 2 heteroatoms. The fourth-order valence-corrected chi connectivity index (χ4v) is 0.902. The van der Waals surface area contributed by atoms with Crippen molar-refractivity contribution >= 4 is 23.4 Å². The lowest BCUT2D eigenvalue weighted by Crippen LogP contribution is -1.83. The van der Waals surface area contributed by atoms with Crippen molar-refractivity contribution in [3.05, 3.63) is 25.3 Å². The third-order valence-electron chi connectivity index (χ3n) is 0.559. The van der Waals surface area contributed by atoms with Gasteiger partial charge in [-0.1, -0.05) is 12.2 Å². The third kappa shape index (κ3) is 4.28. The molecule has 0 heterocycles. The van der Waals surface area contributed by atoms with Crippen LogP contribution in [0, 0.1) is 0 Å². The first-order valence-corrected chi connectivity index (χ1v) is 3.79. The Kier molecular flexibility index (Phi) is 5.34. The highest BCUT2D eigenvalue weighted by Gasteiger charge is 1.93. The van der Waals surface area contributed by atoms with Crippen LogP contribution in [0.2, 0.25) is 0 Å². The van der Waals surface area contributed by atoms with E-state index in [1.165, 1.54) is 0 Å². The second-order valence-corrected chi connectivity index (χ2v) is 3.11. The second kappa shape index (κ2) is 5.26. The summed E-state index contributed by atoms with van der Waals surface area (Å²) in [7, 11) is 0. The van der Waals surface area contributed by atoms with Crippen molar-refractivity contribution in [3.8, 4) is 0 Å². The quantitative estimate of drug-likeness (QED) is 0.437. The van der Waals surface area contributed by atoms with E-state index in [0.717, 1.165) is 5.75 Å². The monoisotopic (exact) mass is 148 g/mol. The zero-order valence-electron chi connectivity index (χ0n) is 4.64. The fraction of sp³-hybridized carbons (Fsp3) is 0.333.